The molecule has 0 heterocycles. The summed E-state index contributed by atoms with van der Waals surface area (Å²) in [6, 6.07) is 10.4. The highest BCUT2D eigenvalue weighted by Crippen LogP contribution is 2.32. The van der Waals surface area contributed by atoms with Gasteiger partial charge in [0.25, 0.3) is 0 Å². The summed E-state index contributed by atoms with van der Waals surface area (Å²) in [4.78, 5) is 0. The molecule has 0 spiro atoms. The zero-order chi connectivity index (χ0) is 11.4. The highest BCUT2D eigenvalue weighted by Gasteiger charge is 2.23. The van der Waals surface area contributed by atoms with Crippen molar-refractivity contribution in [2.75, 3.05) is 0 Å². The van der Waals surface area contributed by atoms with Crippen molar-refractivity contribution in [1.82, 2.24) is 0 Å². The summed E-state index contributed by atoms with van der Waals surface area (Å²) in [6.45, 7) is 2.15. The Kier molecular flexibility index (Phi) is 3.79. The normalized spacial score (nSPS) is 19.2. The van der Waals surface area contributed by atoms with E-state index in [4.69, 9.17) is 0 Å². The second kappa shape index (κ2) is 5.31. The van der Waals surface area contributed by atoms with Crippen molar-refractivity contribution in [3.63, 3.8) is 0 Å². The summed E-state index contributed by atoms with van der Waals surface area (Å²) < 4.78 is 0. The lowest BCUT2D eigenvalue weighted by Gasteiger charge is -2.23. The lowest BCUT2D eigenvalue weighted by Crippen LogP contribution is -2.19. The molecular weight excluding hydrogens is 196 g/mol. The Labute approximate surface area is 97.8 Å². The van der Waals surface area contributed by atoms with Crippen LogP contribution in [0.1, 0.15) is 44.1 Å². The zero-order valence-corrected chi connectivity index (χ0v) is 9.89. The number of hydrogen-bond donors (Lipinski definition) is 1. The summed E-state index contributed by atoms with van der Waals surface area (Å²) in [6.07, 6.45) is 6.34. The van der Waals surface area contributed by atoms with Gasteiger partial charge < -0.3 is 5.11 Å². The fourth-order valence-corrected chi connectivity index (χ4v) is 2.56. The van der Waals surface area contributed by atoms with Gasteiger partial charge in [0.05, 0.1) is 6.10 Å². The van der Waals surface area contributed by atoms with E-state index in [1.54, 1.807) is 0 Å². The predicted octanol–water partition coefficient (Wildman–Crippen LogP) is 3.65. The smallest absolute Gasteiger partial charge is 0.0818 e. The summed E-state index contributed by atoms with van der Waals surface area (Å²) in [5.41, 5.74) is 2.50. The zero-order valence-electron chi connectivity index (χ0n) is 9.89. The Hall–Kier alpha value is -1.08. The molecule has 0 saturated carbocycles. The van der Waals surface area contributed by atoms with Crippen molar-refractivity contribution in [1.29, 1.82) is 0 Å². The number of allylic oxidation sites excluding steroid dienone is 1. The maximum absolute atomic E-state index is 10.4. The second-order valence-corrected chi connectivity index (χ2v) is 4.54. The third kappa shape index (κ3) is 2.35. The van der Waals surface area contributed by atoms with Crippen LogP contribution in [0.15, 0.2) is 42.0 Å². The molecule has 1 N–H and O–H groups in total. The van der Waals surface area contributed by atoms with Gasteiger partial charge in [-0.2, -0.15) is 0 Å². The van der Waals surface area contributed by atoms with Crippen molar-refractivity contribution in [2.24, 2.45) is 0 Å². The van der Waals surface area contributed by atoms with Crippen LogP contribution in [0, 0.1) is 0 Å². The van der Waals surface area contributed by atoms with Crippen molar-refractivity contribution in [3.8, 4) is 0 Å². The third-order valence-corrected chi connectivity index (χ3v) is 3.50. The Balaban J connectivity index is 2.16. The highest BCUT2D eigenvalue weighted by molar-refractivity contribution is 5.26. The number of hydrogen-bond acceptors (Lipinski definition) is 1. The maximum atomic E-state index is 10.4. The molecule has 0 aromatic heterocycles. The first-order chi connectivity index (χ1) is 7.83. The average molecular weight is 216 g/mol. The van der Waals surface area contributed by atoms with E-state index in [2.05, 4.69) is 25.1 Å². The first-order valence-electron chi connectivity index (χ1n) is 6.25. The van der Waals surface area contributed by atoms with Crippen LogP contribution in [0.2, 0.25) is 0 Å². The Bertz CT molecular complexity index is 353. The fourth-order valence-electron chi connectivity index (χ4n) is 2.56. The van der Waals surface area contributed by atoms with E-state index >= 15 is 0 Å². The Morgan fingerprint density at radius 1 is 1.25 bits per heavy atom. The average Bonchev–Trinajstić information content (AvgIpc) is 2.85. The molecule has 0 radical (unpaired) electrons. The maximum Gasteiger partial charge on any atom is 0.0818 e. The van der Waals surface area contributed by atoms with Crippen molar-refractivity contribution >= 4 is 0 Å². The molecule has 1 heteroatoms. The van der Waals surface area contributed by atoms with Gasteiger partial charge in [0.1, 0.15) is 0 Å². The van der Waals surface area contributed by atoms with Crippen LogP contribution in [0.25, 0.3) is 0 Å². The molecule has 0 amide bonds. The summed E-state index contributed by atoms with van der Waals surface area (Å²) in [5.74, 6) is 0.255. The fraction of sp³-hybridized carbons (Fsp3) is 0.467. The highest BCUT2D eigenvalue weighted by atomic mass is 16.3. The lowest BCUT2D eigenvalue weighted by molar-refractivity contribution is 0.173. The molecule has 0 saturated heterocycles. The van der Waals surface area contributed by atoms with E-state index in [0.29, 0.717) is 0 Å². The standard InChI is InChI=1S/C15H20O/c1-2-14(12-8-4-3-5-9-12)15(16)13-10-6-7-11-13/h3-5,8-10,14-16H,2,6-7,11H2,1H3. The van der Waals surface area contributed by atoms with E-state index in [1.807, 2.05) is 18.2 Å². The molecule has 2 atom stereocenters. The molecule has 0 bridgehead atoms. The van der Waals surface area contributed by atoms with Gasteiger partial charge in [0, 0.05) is 5.92 Å². The SMILES string of the molecule is CCC(c1ccccc1)C(O)C1=CCCC1. The number of benzene rings is 1. The van der Waals surface area contributed by atoms with Crippen LogP contribution < -0.4 is 0 Å². The molecule has 1 aromatic rings. The van der Waals surface area contributed by atoms with E-state index in [1.165, 1.54) is 17.6 Å². The number of rotatable bonds is 4. The first-order valence-corrected chi connectivity index (χ1v) is 6.25. The molecule has 0 fully saturated rings. The van der Waals surface area contributed by atoms with Crippen LogP contribution in [0.4, 0.5) is 0 Å². The van der Waals surface area contributed by atoms with Gasteiger partial charge in [0.2, 0.25) is 0 Å². The van der Waals surface area contributed by atoms with Crippen molar-refractivity contribution in [3.05, 3.63) is 47.5 Å². The molecular formula is C15H20O. The third-order valence-electron chi connectivity index (χ3n) is 3.50. The first kappa shape index (κ1) is 11.4. The van der Waals surface area contributed by atoms with Crippen molar-refractivity contribution in [2.45, 2.75) is 44.6 Å². The molecule has 1 aliphatic carbocycles. The van der Waals surface area contributed by atoms with E-state index in [0.717, 1.165) is 19.3 Å². The molecule has 1 nitrogen and oxygen atoms in total. The van der Waals surface area contributed by atoms with Gasteiger partial charge in [0.15, 0.2) is 0 Å². The van der Waals surface area contributed by atoms with Crippen LogP contribution >= 0.6 is 0 Å². The number of aliphatic hydroxyl groups excluding tert-OH is 1. The van der Waals surface area contributed by atoms with Crippen LogP contribution in [0.5, 0.6) is 0 Å². The molecule has 0 aliphatic heterocycles. The topological polar surface area (TPSA) is 20.2 Å². The van der Waals surface area contributed by atoms with Gasteiger partial charge >= 0.3 is 0 Å². The molecule has 2 rings (SSSR count). The quantitative estimate of drug-likeness (QED) is 0.762. The van der Waals surface area contributed by atoms with Crippen LogP contribution in [-0.2, 0) is 0 Å². The van der Waals surface area contributed by atoms with Crippen LogP contribution in [-0.4, -0.2) is 11.2 Å². The minimum absolute atomic E-state index is 0.255. The van der Waals surface area contributed by atoms with E-state index in [-0.39, 0.29) is 12.0 Å². The number of aliphatic hydroxyl groups is 1. The minimum Gasteiger partial charge on any atom is -0.388 e. The molecule has 86 valence electrons. The Morgan fingerprint density at radius 2 is 2.00 bits per heavy atom. The Morgan fingerprint density at radius 3 is 2.56 bits per heavy atom. The summed E-state index contributed by atoms with van der Waals surface area (Å²) in [7, 11) is 0. The largest absolute Gasteiger partial charge is 0.388 e. The van der Waals surface area contributed by atoms with Gasteiger partial charge in [-0.1, -0.05) is 43.3 Å². The van der Waals surface area contributed by atoms with Crippen LogP contribution in [0.3, 0.4) is 0 Å². The molecule has 16 heavy (non-hydrogen) atoms. The molecule has 2 unspecified atom stereocenters. The van der Waals surface area contributed by atoms with Gasteiger partial charge in [-0.25, -0.2) is 0 Å². The van der Waals surface area contributed by atoms with E-state index in [9.17, 15) is 5.11 Å². The lowest BCUT2D eigenvalue weighted by atomic mass is 9.87. The van der Waals surface area contributed by atoms with Crippen molar-refractivity contribution < 1.29 is 5.11 Å². The minimum atomic E-state index is -0.283. The second-order valence-electron chi connectivity index (χ2n) is 4.54. The molecule has 1 aliphatic rings. The summed E-state index contributed by atoms with van der Waals surface area (Å²) in [5, 5.41) is 10.4. The van der Waals surface area contributed by atoms with E-state index < -0.39 is 0 Å². The monoisotopic (exact) mass is 216 g/mol. The van der Waals surface area contributed by atoms with Gasteiger partial charge in [-0.05, 0) is 36.8 Å². The van der Waals surface area contributed by atoms with Gasteiger partial charge in [-0.3, -0.25) is 0 Å². The van der Waals surface area contributed by atoms with Gasteiger partial charge in [-0.15, -0.1) is 0 Å². The summed E-state index contributed by atoms with van der Waals surface area (Å²) >= 11 is 0. The predicted molar refractivity (Wildman–Crippen MR) is 67.4 cm³/mol. The molecule has 1 aromatic carbocycles.